The lowest BCUT2D eigenvalue weighted by Crippen LogP contribution is -1.98. The van der Waals surface area contributed by atoms with Crippen LogP contribution in [0.15, 0.2) is 54.6 Å². The number of ether oxygens (including phenoxy) is 3. The minimum absolute atomic E-state index is 0.360. The molecule has 2 aromatic carbocycles. The van der Waals surface area contributed by atoms with Crippen molar-refractivity contribution in [2.45, 2.75) is 6.92 Å². The molecule has 0 atom stereocenters. The zero-order valence-electron chi connectivity index (χ0n) is 12.6. The molecule has 114 valence electrons. The van der Waals surface area contributed by atoms with Crippen molar-refractivity contribution in [1.82, 2.24) is 0 Å². The van der Waals surface area contributed by atoms with Gasteiger partial charge in [-0.25, -0.2) is 4.79 Å². The third-order valence-electron chi connectivity index (χ3n) is 2.83. The second kappa shape index (κ2) is 7.88. The van der Waals surface area contributed by atoms with E-state index in [2.05, 4.69) is 0 Å². The predicted molar refractivity (Wildman–Crippen MR) is 85.2 cm³/mol. The van der Waals surface area contributed by atoms with Crippen LogP contribution in [0, 0.1) is 0 Å². The molecule has 0 heterocycles. The topological polar surface area (TPSA) is 44.8 Å². The quantitative estimate of drug-likeness (QED) is 0.596. The summed E-state index contributed by atoms with van der Waals surface area (Å²) in [6.07, 6.45) is 3.09. The van der Waals surface area contributed by atoms with E-state index in [4.69, 9.17) is 14.2 Å². The van der Waals surface area contributed by atoms with Gasteiger partial charge in [-0.1, -0.05) is 18.2 Å². The molecule has 0 amide bonds. The number of esters is 1. The van der Waals surface area contributed by atoms with E-state index >= 15 is 0 Å². The van der Waals surface area contributed by atoms with Crippen molar-refractivity contribution in [3.8, 4) is 17.2 Å². The summed E-state index contributed by atoms with van der Waals surface area (Å²) in [6.45, 7) is 2.14. The van der Waals surface area contributed by atoms with Gasteiger partial charge in [0.25, 0.3) is 0 Å². The molecule has 4 heteroatoms. The maximum Gasteiger partial charge on any atom is 0.330 e. The number of carbonyl (C=O) groups excluding carboxylic acids is 1. The molecule has 0 unspecified atom stereocenters. The van der Waals surface area contributed by atoms with Crippen molar-refractivity contribution in [1.29, 1.82) is 0 Å². The Balaban J connectivity index is 2.09. The number of benzene rings is 2. The molecular formula is C18H18O4. The van der Waals surface area contributed by atoms with Gasteiger partial charge in [0.2, 0.25) is 0 Å². The molecule has 2 rings (SSSR count). The van der Waals surface area contributed by atoms with Crippen molar-refractivity contribution in [2.75, 3.05) is 13.7 Å². The monoisotopic (exact) mass is 298 g/mol. The summed E-state index contributed by atoms with van der Waals surface area (Å²) in [5, 5.41) is 0. The summed E-state index contributed by atoms with van der Waals surface area (Å²) < 4.78 is 15.8. The average Bonchev–Trinajstić information content (AvgIpc) is 2.54. The lowest BCUT2D eigenvalue weighted by atomic mass is 10.2. The Bertz CT molecular complexity index is 662. The highest BCUT2D eigenvalue weighted by atomic mass is 16.5. The molecule has 0 aromatic heterocycles. The maximum atomic E-state index is 11.3. The van der Waals surface area contributed by atoms with Crippen molar-refractivity contribution in [3.05, 3.63) is 60.2 Å². The Labute approximate surface area is 129 Å². The van der Waals surface area contributed by atoms with Gasteiger partial charge in [0.05, 0.1) is 13.7 Å². The summed E-state index contributed by atoms with van der Waals surface area (Å²) in [5.41, 5.74) is 0.855. The van der Waals surface area contributed by atoms with Crippen LogP contribution in [0.4, 0.5) is 0 Å². The van der Waals surface area contributed by atoms with Gasteiger partial charge in [-0.05, 0) is 42.8 Å². The van der Waals surface area contributed by atoms with Gasteiger partial charge < -0.3 is 14.2 Å². The minimum atomic E-state index is -0.360. The Morgan fingerprint density at radius 3 is 2.45 bits per heavy atom. The van der Waals surface area contributed by atoms with Crippen LogP contribution in [0.1, 0.15) is 12.5 Å². The molecule has 4 nitrogen and oxygen atoms in total. The lowest BCUT2D eigenvalue weighted by Gasteiger charge is -2.07. The summed E-state index contributed by atoms with van der Waals surface area (Å²) in [4.78, 5) is 11.3. The lowest BCUT2D eigenvalue weighted by molar-refractivity contribution is -0.137. The van der Waals surface area contributed by atoms with E-state index in [0.29, 0.717) is 18.1 Å². The van der Waals surface area contributed by atoms with Crippen LogP contribution in [0.5, 0.6) is 17.2 Å². The van der Waals surface area contributed by atoms with Crippen molar-refractivity contribution in [2.24, 2.45) is 0 Å². The Morgan fingerprint density at radius 2 is 1.73 bits per heavy atom. The van der Waals surface area contributed by atoms with Gasteiger partial charge in [-0.15, -0.1) is 0 Å². The van der Waals surface area contributed by atoms with E-state index in [1.807, 2.05) is 42.5 Å². The first kappa shape index (κ1) is 15.6. The third-order valence-corrected chi connectivity index (χ3v) is 2.83. The van der Waals surface area contributed by atoms with Crippen LogP contribution in [0.2, 0.25) is 0 Å². The number of methoxy groups -OCH3 is 1. The normalized spacial score (nSPS) is 10.5. The molecule has 0 fully saturated rings. The molecule has 0 radical (unpaired) electrons. The first-order valence-electron chi connectivity index (χ1n) is 6.98. The Hall–Kier alpha value is -2.75. The molecule has 0 spiro atoms. The van der Waals surface area contributed by atoms with Crippen molar-refractivity contribution < 1.29 is 19.0 Å². The van der Waals surface area contributed by atoms with Gasteiger partial charge in [-0.3, -0.25) is 0 Å². The van der Waals surface area contributed by atoms with Crippen LogP contribution in [-0.2, 0) is 9.53 Å². The zero-order valence-corrected chi connectivity index (χ0v) is 12.6. The fraction of sp³-hybridized carbons (Fsp3) is 0.167. The summed E-state index contributed by atoms with van der Waals surface area (Å²) in [6, 6.07) is 14.8. The molecule has 22 heavy (non-hydrogen) atoms. The van der Waals surface area contributed by atoms with Crippen LogP contribution in [-0.4, -0.2) is 19.7 Å². The number of carbonyl (C=O) groups is 1. The number of rotatable bonds is 6. The van der Waals surface area contributed by atoms with Crippen LogP contribution < -0.4 is 9.47 Å². The Morgan fingerprint density at radius 1 is 1.05 bits per heavy atom. The van der Waals surface area contributed by atoms with E-state index in [9.17, 15) is 4.79 Å². The molecule has 0 aliphatic heterocycles. The largest absolute Gasteiger partial charge is 0.497 e. The Kier molecular flexibility index (Phi) is 5.60. The predicted octanol–water partition coefficient (Wildman–Crippen LogP) is 4.06. The highest BCUT2D eigenvalue weighted by molar-refractivity contribution is 5.87. The van der Waals surface area contributed by atoms with Crippen LogP contribution >= 0.6 is 0 Å². The van der Waals surface area contributed by atoms with Crippen LogP contribution in [0.3, 0.4) is 0 Å². The zero-order chi connectivity index (χ0) is 15.8. The summed E-state index contributed by atoms with van der Waals surface area (Å²) >= 11 is 0. The highest BCUT2D eigenvalue weighted by Gasteiger charge is 2.00. The van der Waals surface area contributed by atoms with E-state index in [0.717, 1.165) is 11.3 Å². The molecule has 0 bridgehead atoms. The molecule has 0 saturated carbocycles. The van der Waals surface area contributed by atoms with Gasteiger partial charge in [0, 0.05) is 12.1 Å². The van der Waals surface area contributed by atoms with Crippen molar-refractivity contribution >= 4 is 12.0 Å². The fourth-order valence-corrected chi connectivity index (χ4v) is 1.84. The maximum absolute atomic E-state index is 11.3. The number of hydrogen-bond donors (Lipinski definition) is 0. The molecule has 0 N–H and O–H groups in total. The second-order valence-corrected chi connectivity index (χ2v) is 4.44. The molecular weight excluding hydrogens is 280 g/mol. The molecule has 0 aliphatic rings. The van der Waals surface area contributed by atoms with Crippen LogP contribution in [0.25, 0.3) is 6.08 Å². The van der Waals surface area contributed by atoms with Crippen molar-refractivity contribution in [3.63, 3.8) is 0 Å². The highest BCUT2D eigenvalue weighted by Crippen LogP contribution is 2.25. The minimum Gasteiger partial charge on any atom is -0.497 e. The molecule has 0 saturated heterocycles. The van der Waals surface area contributed by atoms with Gasteiger partial charge >= 0.3 is 5.97 Å². The third kappa shape index (κ3) is 4.66. The summed E-state index contributed by atoms with van der Waals surface area (Å²) in [7, 11) is 1.61. The van der Waals surface area contributed by atoms with Gasteiger partial charge in [-0.2, -0.15) is 0 Å². The van der Waals surface area contributed by atoms with E-state index in [1.54, 1.807) is 26.2 Å². The fourth-order valence-electron chi connectivity index (χ4n) is 1.84. The number of hydrogen-bond acceptors (Lipinski definition) is 4. The van der Waals surface area contributed by atoms with Gasteiger partial charge in [0.15, 0.2) is 0 Å². The second-order valence-electron chi connectivity index (χ2n) is 4.44. The standard InChI is InChI=1S/C18H18O4/c1-3-21-18(19)11-10-14-6-4-8-16(12-14)22-17-9-5-7-15(13-17)20-2/h4-13H,3H2,1-2H3/b11-10+. The van der Waals surface area contributed by atoms with Gasteiger partial charge in [0.1, 0.15) is 17.2 Å². The smallest absolute Gasteiger partial charge is 0.330 e. The average molecular weight is 298 g/mol. The van der Waals surface area contributed by atoms with E-state index < -0.39 is 0 Å². The van der Waals surface area contributed by atoms with E-state index in [1.165, 1.54) is 6.08 Å². The SMILES string of the molecule is CCOC(=O)/C=C/c1cccc(Oc2cccc(OC)c2)c1. The molecule has 0 aliphatic carbocycles. The molecule has 2 aromatic rings. The van der Waals surface area contributed by atoms with E-state index in [-0.39, 0.29) is 5.97 Å². The first-order valence-corrected chi connectivity index (χ1v) is 6.98. The first-order chi connectivity index (χ1) is 10.7. The summed E-state index contributed by atoms with van der Waals surface area (Å²) in [5.74, 6) is 1.74.